The second kappa shape index (κ2) is 9.18. The molecule has 0 bridgehead atoms. The molecule has 3 aromatic rings. The van der Waals surface area contributed by atoms with Gasteiger partial charge in [0.25, 0.3) is 0 Å². The van der Waals surface area contributed by atoms with Crippen molar-refractivity contribution in [2.24, 2.45) is 11.7 Å². The van der Waals surface area contributed by atoms with E-state index < -0.39 is 11.3 Å². The summed E-state index contributed by atoms with van der Waals surface area (Å²) in [5.41, 5.74) is 8.74. The second-order valence-electron chi connectivity index (χ2n) is 9.26. The van der Waals surface area contributed by atoms with Gasteiger partial charge in [0.1, 0.15) is 22.8 Å². The van der Waals surface area contributed by atoms with Gasteiger partial charge in [-0.1, -0.05) is 36.4 Å². The number of ether oxygens (including phenoxy) is 1. The van der Waals surface area contributed by atoms with Gasteiger partial charge in [0.05, 0.1) is 6.61 Å². The van der Waals surface area contributed by atoms with Crippen LogP contribution in [0.4, 0.5) is 8.78 Å². The fourth-order valence-electron chi connectivity index (χ4n) is 5.62. The average Bonchev–Trinajstić information content (AvgIpc) is 3.50. The van der Waals surface area contributed by atoms with Gasteiger partial charge in [-0.15, -0.1) is 0 Å². The van der Waals surface area contributed by atoms with Crippen LogP contribution in [0, 0.1) is 17.6 Å². The Hall–Kier alpha value is -3.25. The van der Waals surface area contributed by atoms with E-state index in [2.05, 4.69) is 17.0 Å². The van der Waals surface area contributed by atoms with E-state index in [0.29, 0.717) is 17.7 Å². The van der Waals surface area contributed by atoms with E-state index in [-0.39, 0.29) is 17.6 Å². The number of carbonyl (C=O) groups excluding carboxylic acids is 1. The number of benzene rings is 3. The summed E-state index contributed by atoms with van der Waals surface area (Å²) in [5, 5.41) is 0. The third-order valence-electron chi connectivity index (χ3n) is 7.34. The minimum atomic E-state index is -1.17. The Labute approximate surface area is 198 Å². The van der Waals surface area contributed by atoms with E-state index in [0.717, 1.165) is 44.7 Å². The normalized spacial score (nSPS) is 18.0. The molecule has 1 saturated heterocycles. The molecule has 1 fully saturated rings. The first-order valence-corrected chi connectivity index (χ1v) is 11.8. The van der Waals surface area contributed by atoms with E-state index in [4.69, 9.17) is 10.5 Å². The quantitative estimate of drug-likeness (QED) is 0.572. The van der Waals surface area contributed by atoms with Crippen molar-refractivity contribution >= 4 is 5.91 Å². The third-order valence-corrected chi connectivity index (χ3v) is 7.34. The van der Waals surface area contributed by atoms with Crippen molar-refractivity contribution < 1.29 is 18.3 Å². The number of amides is 1. The lowest BCUT2D eigenvalue weighted by Gasteiger charge is -2.37. The monoisotopic (exact) mass is 462 g/mol. The zero-order valence-electron chi connectivity index (χ0n) is 19.0. The van der Waals surface area contributed by atoms with E-state index in [1.807, 2.05) is 6.07 Å². The minimum Gasteiger partial charge on any atom is -0.493 e. The van der Waals surface area contributed by atoms with Crippen LogP contribution in [-0.2, 0) is 23.1 Å². The maximum Gasteiger partial charge on any atom is 0.232 e. The summed E-state index contributed by atoms with van der Waals surface area (Å²) in [6, 6.07) is 18.3. The van der Waals surface area contributed by atoms with Crippen LogP contribution in [0.2, 0.25) is 0 Å². The number of rotatable bonds is 7. The molecule has 0 aromatic heterocycles. The SMILES string of the molecule is NC(=O)C(c1ccc(F)cc1)(c1ccc(F)cc1)C1CCN(CCc2ccc3c(c2)CCO3)C1. The second-order valence-corrected chi connectivity index (χ2v) is 9.26. The first-order valence-electron chi connectivity index (χ1n) is 11.8. The predicted molar refractivity (Wildman–Crippen MR) is 127 cm³/mol. The molecule has 34 heavy (non-hydrogen) atoms. The molecule has 5 rings (SSSR count). The average molecular weight is 463 g/mol. The van der Waals surface area contributed by atoms with Crippen LogP contribution < -0.4 is 10.5 Å². The molecule has 2 N–H and O–H groups in total. The van der Waals surface area contributed by atoms with Gasteiger partial charge in [0.2, 0.25) is 5.91 Å². The van der Waals surface area contributed by atoms with Gasteiger partial charge in [0.15, 0.2) is 0 Å². The molecule has 176 valence electrons. The molecule has 0 radical (unpaired) electrons. The number of nitrogens with two attached hydrogens (primary N) is 1. The first-order chi connectivity index (χ1) is 16.5. The van der Waals surface area contributed by atoms with Crippen molar-refractivity contribution in [2.45, 2.75) is 24.7 Å². The fraction of sp³-hybridized carbons (Fsp3) is 0.321. The summed E-state index contributed by atoms with van der Waals surface area (Å²) in [6.07, 6.45) is 2.61. The first kappa shape index (κ1) is 22.5. The van der Waals surface area contributed by atoms with Crippen molar-refractivity contribution in [1.29, 1.82) is 0 Å². The van der Waals surface area contributed by atoms with E-state index in [1.54, 1.807) is 24.3 Å². The van der Waals surface area contributed by atoms with Gasteiger partial charge in [-0.25, -0.2) is 8.78 Å². The van der Waals surface area contributed by atoms with Crippen LogP contribution in [0.25, 0.3) is 0 Å². The number of fused-ring (bicyclic) bond motifs is 1. The highest BCUT2D eigenvalue weighted by Crippen LogP contribution is 2.44. The summed E-state index contributed by atoms with van der Waals surface area (Å²) in [4.78, 5) is 15.5. The molecule has 2 heterocycles. The van der Waals surface area contributed by atoms with Crippen molar-refractivity contribution in [3.05, 3.63) is 101 Å². The highest BCUT2D eigenvalue weighted by molar-refractivity contribution is 5.91. The Kier molecular flexibility index (Phi) is 6.09. The van der Waals surface area contributed by atoms with Crippen LogP contribution in [0.15, 0.2) is 66.7 Å². The molecule has 3 aromatic carbocycles. The molecule has 6 heteroatoms. The molecule has 1 unspecified atom stereocenters. The van der Waals surface area contributed by atoms with E-state index in [9.17, 15) is 13.6 Å². The molecule has 1 atom stereocenters. The molecule has 0 aliphatic carbocycles. The fourth-order valence-corrected chi connectivity index (χ4v) is 5.62. The lowest BCUT2D eigenvalue weighted by molar-refractivity contribution is -0.123. The highest BCUT2D eigenvalue weighted by atomic mass is 19.1. The topological polar surface area (TPSA) is 55.6 Å². The maximum atomic E-state index is 13.7. The van der Waals surface area contributed by atoms with Crippen LogP contribution in [0.5, 0.6) is 5.75 Å². The Morgan fingerprint density at radius 2 is 1.65 bits per heavy atom. The number of hydrogen-bond donors (Lipinski definition) is 1. The summed E-state index contributed by atoms with van der Waals surface area (Å²) >= 11 is 0. The van der Waals surface area contributed by atoms with Crippen LogP contribution >= 0.6 is 0 Å². The zero-order valence-corrected chi connectivity index (χ0v) is 19.0. The van der Waals surface area contributed by atoms with Gasteiger partial charge in [-0.05, 0) is 77.9 Å². The minimum absolute atomic E-state index is 0.116. The molecule has 1 amide bonds. The lowest BCUT2D eigenvalue weighted by atomic mass is 9.64. The van der Waals surface area contributed by atoms with Crippen LogP contribution in [0.1, 0.15) is 28.7 Å². The lowest BCUT2D eigenvalue weighted by Crippen LogP contribution is -2.49. The summed E-state index contributed by atoms with van der Waals surface area (Å²) < 4.78 is 33.1. The Morgan fingerprint density at radius 1 is 1.00 bits per heavy atom. The van der Waals surface area contributed by atoms with Crippen molar-refractivity contribution in [3.8, 4) is 5.75 Å². The zero-order chi connectivity index (χ0) is 23.7. The Morgan fingerprint density at radius 3 is 2.26 bits per heavy atom. The number of likely N-dealkylation sites (tertiary alicyclic amines) is 1. The van der Waals surface area contributed by atoms with Crippen LogP contribution in [0.3, 0.4) is 0 Å². The molecule has 2 aliphatic heterocycles. The van der Waals surface area contributed by atoms with Gasteiger partial charge in [0, 0.05) is 19.5 Å². The molecule has 0 spiro atoms. The largest absolute Gasteiger partial charge is 0.493 e. The third kappa shape index (κ3) is 4.07. The van der Waals surface area contributed by atoms with Crippen molar-refractivity contribution in [1.82, 2.24) is 4.90 Å². The molecule has 4 nitrogen and oxygen atoms in total. The Balaban J connectivity index is 1.41. The van der Waals surface area contributed by atoms with Crippen molar-refractivity contribution in [2.75, 3.05) is 26.2 Å². The maximum absolute atomic E-state index is 13.7. The predicted octanol–water partition coefficient (Wildman–Crippen LogP) is 4.24. The summed E-state index contributed by atoms with van der Waals surface area (Å²) in [7, 11) is 0. The van der Waals surface area contributed by atoms with Gasteiger partial charge in [-0.2, -0.15) is 0 Å². The van der Waals surface area contributed by atoms with Crippen molar-refractivity contribution in [3.63, 3.8) is 0 Å². The smallest absolute Gasteiger partial charge is 0.232 e. The highest BCUT2D eigenvalue weighted by Gasteiger charge is 2.49. The van der Waals surface area contributed by atoms with Crippen LogP contribution in [-0.4, -0.2) is 37.0 Å². The molecular weight excluding hydrogens is 434 g/mol. The van der Waals surface area contributed by atoms with Gasteiger partial charge >= 0.3 is 0 Å². The number of halogens is 2. The van der Waals surface area contributed by atoms with Gasteiger partial charge in [-0.3, -0.25) is 4.79 Å². The van der Waals surface area contributed by atoms with Gasteiger partial charge < -0.3 is 15.4 Å². The van der Waals surface area contributed by atoms with E-state index >= 15 is 0 Å². The van der Waals surface area contributed by atoms with E-state index in [1.165, 1.54) is 35.4 Å². The summed E-state index contributed by atoms with van der Waals surface area (Å²) in [5.74, 6) is -0.400. The Bertz CT molecular complexity index is 1130. The number of nitrogens with zero attached hydrogens (tertiary/aromatic N) is 1. The standard InChI is InChI=1S/C28H28F2N2O2/c29-24-6-2-21(3-7-24)28(27(31)33,22-4-8-25(30)9-5-22)23-12-15-32(18-23)14-11-19-1-10-26-20(17-19)13-16-34-26/h1-10,17,23H,11-16,18H2,(H2,31,33). The number of primary amides is 1. The summed E-state index contributed by atoms with van der Waals surface area (Å²) in [6.45, 7) is 3.11. The molecule has 0 saturated carbocycles. The number of hydrogen-bond acceptors (Lipinski definition) is 3. The number of carbonyl (C=O) groups is 1. The molecule has 2 aliphatic rings. The molecular formula is C28H28F2N2O2.